The van der Waals surface area contributed by atoms with E-state index in [1.807, 2.05) is 34.5 Å². The second-order valence-electron chi connectivity index (χ2n) is 9.96. The molecular formula is C29H28N6O2. The normalized spacial score (nSPS) is 18.4. The number of aliphatic hydroxyl groups is 1. The molecule has 0 unspecified atom stereocenters. The summed E-state index contributed by atoms with van der Waals surface area (Å²) < 4.78 is 9.79. The van der Waals surface area contributed by atoms with Crippen molar-refractivity contribution in [2.24, 2.45) is 13.0 Å². The molecule has 37 heavy (non-hydrogen) atoms. The van der Waals surface area contributed by atoms with Crippen LogP contribution in [0.1, 0.15) is 18.4 Å². The van der Waals surface area contributed by atoms with Crippen LogP contribution in [0, 0.1) is 5.92 Å². The van der Waals surface area contributed by atoms with Gasteiger partial charge in [-0.15, -0.1) is 5.10 Å². The van der Waals surface area contributed by atoms with Gasteiger partial charge in [-0.25, -0.2) is 14.5 Å². The van der Waals surface area contributed by atoms with Crippen molar-refractivity contribution in [1.29, 1.82) is 0 Å². The summed E-state index contributed by atoms with van der Waals surface area (Å²) in [6.45, 7) is 0.922. The average Bonchev–Trinajstić information content (AvgIpc) is 3.64. The summed E-state index contributed by atoms with van der Waals surface area (Å²) in [5, 5.41) is 18.2. The lowest BCUT2D eigenvalue weighted by Crippen LogP contribution is -2.37. The fraction of sp³-hybridized carbons (Fsp3) is 0.276. The SMILES string of the molecule is Cn1ccnc1-c1nc(NC2CC(CO)C2)c2c(-c3ccccc3)c(-c3cccc4c3CCO4)cn2n1. The van der Waals surface area contributed by atoms with Gasteiger partial charge in [0.1, 0.15) is 11.3 Å². The molecule has 0 radical (unpaired) electrons. The maximum Gasteiger partial charge on any atom is 0.218 e. The third-order valence-corrected chi connectivity index (χ3v) is 7.58. The Balaban J connectivity index is 1.49. The van der Waals surface area contributed by atoms with Gasteiger partial charge >= 0.3 is 0 Å². The van der Waals surface area contributed by atoms with Crippen LogP contribution in [0.2, 0.25) is 0 Å². The molecule has 0 saturated heterocycles. The Labute approximate surface area is 214 Å². The topological polar surface area (TPSA) is 89.5 Å². The molecule has 2 aliphatic rings. The summed E-state index contributed by atoms with van der Waals surface area (Å²) in [7, 11) is 1.95. The minimum Gasteiger partial charge on any atom is -0.493 e. The van der Waals surface area contributed by atoms with Crippen molar-refractivity contribution in [2.45, 2.75) is 25.3 Å². The van der Waals surface area contributed by atoms with Crippen LogP contribution in [0.15, 0.2) is 67.1 Å². The van der Waals surface area contributed by atoms with Gasteiger partial charge < -0.3 is 19.7 Å². The zero-order chi connectivity index (χ0) is 24.9. The van der Waals surface area contributed by atoms with Gasteiger partial charge in [-0.2, -0.15) is 0 Å². The predicted molar refractivity (Wildman–Crippen MR) is 142 cm³/mol. The van der Waals surface area contributed by atoms with Crippen molar-refractivity contribution >= 4 is 11.3 Å². The highest BCUT2D eigenvalue weighted by Gasteiger charge is 2.31. The molecule has 8 nitrogen and oxygen atoms in total. The predicted octanol–water partition coefficient (Wildman–Crippen LogP) is 4.58. The fourth-order valence-corrected chi connectivity index (χ4v) is 5.63. The number of hydrogen-bond acceptors (Lipinski definition) is 6. The number of nitrogens with zero attached hydrogens (tertiary/aromatic N) is 5. The lowest BCUT2D eigenvalue weighted by Gasteiger charge is -2.35. The van der Waals surface area contributed by atoms with Crippen molar-refractivity contribution in [3.8, 4) is 39.7 Å². The second-order valence-corrected chi connectivity index (χ2v) is 9.96. The van der Waals surface area contributed by atoms with Crippen LogP contribution in [0.5, 0.6) is 5.75 Å². The van der Waals surface area contributed by atoms with Crippen molar-refractivity contribution in [3.63, 3.8) is 0 Å². The number of anilines is 1. The Morgan fingerprint density at radius 3 is 2.73 bits per heavy atom. The second kappa shape index (κ2) is 8.74. The maximum atomic E-state index is 9.56. The zero-order valence-electron chi connectivity index (χ0n) is 20.6. The Kier molecular flexibility index (Phi) is 5.21. The van der Waals surface area contributed by atoms with E-state index in [0.29, 0.717) is 24.2 Å². The maximum absolute atomic E-state index is 9.56. The van der Waals surface area contributed by atoms with Crippen molar-refractivity contribution in [2.75, 3.05) is 18.5 Å². The summed E-state index contributed by atoms with van der Waals surface area (Å²) >= 11 is 0. The molecule has 0 atom stereocenters. The molecule has 1 aliphatic carbocycles. The highest BCUT2D eigenvalue weighted by Crippen LogP contribution is 2.44. The lowest BCUT2D eigenvalue weighted by molar-refractivity contribution is 0.151. The van der Waals surface area contributed by atoms with E-state index in [1.165, 1.54) is 5.56 Å². The minimum atomic E-state index is 0.224. The molecule has 8 heteroatoms. The van der Waals surface area contributed by atoms with E-state index in [2.05, 4.69) is 52.9 Å². The van der Waals surface area contributed by atoms with Crippen LogP contribution in [0.3, 0.4) is 0 Å². The first-order chi connectivity index (χ1) is 18.2. The third kappa shape index (κ3) is 3.67. The number of nitrogens with one attached hydrogen (secondary N) is 1. The lowest BCUT2D eigenvalue weighted by atomic mass is 9.81. The van der Waals surface area contributed by atoms with E-state index < -0.39 is 0 Å². The minimum absolute atomic E-state index is 0.224. The van der Waals surface area contributed by atoms with E-state index in [1.54, 1.807) is 6.20 Å². The first kappa shape index (κ1) is 22.1. The first-order valence-electron chi connectivity index (χ1n) is 12.8. The Bertz CT molecular complexity index is 1600. The van der Waals surface area contributed by atoms with Gasteiger partial charge in [0.2, 0.25) is 5.82 Å². The number of aromatic nitrogens is 5. The molecule has 7 rings (SSSR count). The molecule has 0 spiro atoms. The van der Waals surface area contributed by atoms with Gasteiger partial charge in [-0.1, -0.05) is 42.5 Å². The van der Waals surface area contributed by atoms with Crippen molar-refractivity contribution in [1.82, 2.24) is 24.1 Å². The van der Waals surface area contributed by atoms with Gasteiger partial charge in [0.15, 0.2) is 11.6 Å². The average molecular weight is 493 g/mol. The molecule has 186 valence electrons. The number of rotatable bonds is 6. The quantitative estimate of drug-likeness (QED) is 0.361. The molecule has 1 fully saturated rings. The molecule has 0 bridgehead atoms. The summed E-state index contributed by atoms with van der Waals surface area (Å²) in [4.78, 5) is 9.54. The number of imidazole rings is 1. The number of hydrogen-bond donors (Lipinski definition) is 2. The molecular weight excluding hydrogens is 464 g/mol. The molecule has 5 aromatic rings. The molecule has 2 aromatic carbocycles. The zero-order valence-corrected chi connectivity index (χ0v) is 20.6. The standard InChI is InChI=1S/C29H28N6O2/c1-34-12-11-30-29(34)28-32-27(31-20-14-18(15-20)17-36)26-25(19-6-3-2-4-7-19)23(16-35(26)33-28)21-8-5-9-24-22(21)10-13-37-24/h2-9,11-12,16,18,20,36H,10,13-15,17H2,1H3,(H,31,32,33). The van der Waals surface area contributed by atoms with E-state index in [-0.39, 0.29) is 12.6 Å². The number of aliphatic hydroxyl groups excluding tert-OH is 1. The van der Waals surface area contributed by atoms with Crippen LogP contribution in [0.25, 0.3) is 39.4 Å². The van der Waals surface area contributed by atoms with Crippen LogP contribution < -0.4 is 10.1 Å². The molecule has 2 N–H and O–H groups in total. The van der Waals surface area contributed by atoms with E-state index in [9.17, 15) is 5.11 Å². The number of aryl methyl sites for hydroxylation is 1. The van der Waals surface area contributed by atoms with Crippen molar-refractivity contribution in [3.05, 3.63) is 72.7 Å². The van der Waals surface area contributed by atoms with Gasteiger partial charge in [-0.3, -0.25) is 0 Å². The van der Waals surface area contributed by atoms with E-state index in [0.717, 1.165) is 58.6 Å². The van der Waals surface area contributed by atoms with E-state index in [4.69, 9.17) is 14.8 Å². The van der Waals surface area contributed by atoms with Gasteiger partial charge in [0.05, 0.1) is 6.61 Å². The van der Waals surface area contributed by atoms with Crippen LogP contribution in [-0.4, -0.2) is 48.5 Å². The summed E-state index contributed by atoms with van der Waals surface area (Å²) in [5.74, 6) is 3.34. The molecule has 0 amide bonds. The fourth-order valence-electron chi connectivity index (χ4n) is 5.63. The molecule has 1 saturated carbocycles. The van der Waals surface area contributed by atoms with Gasteiger partial charge in [0, 0.05) is 61.4 Å². The first-order valence-corrected chi connectivity index (χ1v) is 12.8. The van der Waals surface area contributed by atoms with Gasteiger partial charge in [0.25, 0.3) is 0 Å². The Hall–Kier alpha value is -4.17. The Morgan fingerprint density at radius 1 is 1.08 bits per heavy atom. The van der Waals surface area contributed by atoms with Crippen LogP contribution >= 0.6 is 0 Å². The number of benzene rings is 2. The molecule has 3 aromatic heterocycles. The number of ether oxygens (including phenoxy) is 1. The highest BCUT2D eigenvalue weighted by atomic mass is 16.5. The van der Waals surface area contributed by atoms with E-state index >= 15 is 0 Å². The summed E-state index contributed by atoms with van der Waals surface area (Å²) in [5.41, 5.74) is 6.62. The number of fused-ring (bicyclic) bond motifs is 2. The van der Waals surface area contributed by atoms with Crippen LogP contribution in [0.4, 0.5) is 5.82 Å². The smallest absolute Gasteiger partial charge is 0.218 e. The summed E-state index contributed by atoms with van der Waals surface area (Å²) in [6.07, 6.45) is 8.49. The monoisotopic (exact) mass is 492 g/mol. The highest BCUT2D eigenvalue weighted by molar-refractivity contribution is 6.00. The third-order valence-electron chi connectivity index (χ3n) is 7.58. The van der Waals surface area contributed by atoms with Gasteiger partial charge in [-0.05, 0) is 36.0 Å². The molecule has 1 aliphatic heterocycles. The van der Waals surface area contributed by atoms with Crippen LogP contribution in [-0.2, 0) is 13.5 Å². The summed E-state index contributed by atoms with van der Waals surface area (Å²) in [6, 6.07) is 17.0. The molecule has 4 heterocycles. The largest absolute Gasteiger partial charge is 0.493 e. The van der Waals surface area contributed by atoms with Crippen molar-refractivity contribution < 1.29 is 9.84 Å². The Morgan fingerprint density at radius 2 is 1.95 bits per heavy atom.